The zero-order chi connectivity index (χ0) is 13.5. The fourth-order valence-electron chi connectivity index (χ4n) is 1.01. The summed E-state index contributed by atoms with van der Waals surface area (Å²) in [7, 11) is 0. The summed E-state index contributed by atoms with van der Waals surface area (Å²) in [6.07, 6.45) is 0. The number of amidine groups is 1. The van der Waals surface area contributed by atoms with Crippen LogP contribution in [0.1, 0.15) is 0 Å². The summed E-state index contributed by atoms with van der Waals surface area (Å²) in [6.45, 7) is 0.220. The molecule has 5 N–H and O–H groups in total. The fourth-order valence-corrected chi connectivity index (χ4v) is 1.54. The van der Waals surface area contributed by atoms with Crippen molar-refractivity contribution in [3.05, 3.63) is 29.8 Å². The van der Waals surface area contributed by atoms with Gasteiger partial charge in [0.2, 0.25) is 0 Å². The molecule has 0 heterocycles. The molecule has 0 aliphatic carbocycles. The molecular formula is C10H12F2N4OS. The lowest BCUT2D eigenvalue weighted by Gasteiger charge is -2.05. The molecule has 5 nitrogen and oxygen atoms in total. The van der Waals surface area contributed by atoms with E-state index in [4.69, 9.17) is 21.6 Å². The number of guanidine groups is 1. The van der Waals surface area contributed by atoms with Gasteiger partial charge in [-0.05, 0) is 12.1 Å². The lowest BCUT2D eigenvalue weighted by atomic mass is 10.3. The SMILES string of the molecule is N=C(N=C(N)N)SCCOc1ccc(F)c(F)c1. The lowest BCUT2D eigenvalue weighted by molar-refractivity contribution is 0.340. The molecule has 0 atom stereocenters. The van der Waals surface area contributed by atoms with Gasteiger partial charge in [-0.25, -0.2) is 8.78 Å². The quantitative estimate of drug-likeness (QED) is 0.437. The van der Waals surface area contributed by atoms with E-state index in [-0.39, 0.29) is 23.5 Å². The van der Waals surface area contributed by atoms with Gasteiger partial charge in [-0.1, -0.05) is 11.8 Å². The van der Waals surface area contributed by atoms with Gasteiger partial charge in [0.25, 0.3) is 0 Å². The number of nitrogens with two attached hydrogens (primary N) is 2. The highest BCUT2D eigenvalue weighted by molar-refractivity contribution is 8.13. The Morgan fingerprint density at radius 3 is 2.67 bits per heavy atom. The molecule has 0 saturated heterocycles. The van der Waals surface area contributed by atoms with Gasteiger partial charge in [0.1, 0.15) is 5.75 Å². The van der Waals surface area contributed by atoms with Crippen molar-refractivity contribution in [2.24, 2.45) is 16.5 Å². The summed E-state index contributed by atoms with van der Waals surface area (Å²) in [4.78, 5) is 3.50. The van der Waals surface area contributed by atoms with Crippen LogP contribution in [-0.4, -0.2) is 23.5 Å². The second-order valence-electron chi connectivity index (χ2n) is 3.11. The smallest absolute Gasteiger partial charge is 0.193 e. The molecule has 0 fully saturated rings. The second kappa shape index (κ2) is 6.80. The predicted octanol–water partition coefficient (Wildman–Crippen LogP) is 1.28. The van der Waals surface area contributed by atoms with Crippen LogP contribution in [0.5, 0.6) is 5.75 Å². The fraction of sp³-hybridized carbons (Fsp3) is 0.200. The van der Waals surface area contributed by atoms with Gasteiger partial charge in [-0.2, -0.15) is 4.99 Å². The molecule has 0 aliphatic rings. The molecule has 0 aromatic heterocycles. The van der Waals surface area contributed by atoms with Crippen LogP contribution in [0.15, 0.2) is 23.2 Å². The number of hydrogen-bond donors (Lipinski definition) is 3. The zero-order valence-corrected chi connectivity index (χ0v) is 10.1. The molecule has 0 amide bonds. The van der Waals surface area contributed by atoms with Crippen molar-refractivity contribution in [3.8, 4) is 5.75 Å². The molecular weight excluding hydrogens is 262 g/mol. The summed E-state index contributed by atoms with van der Waals surface area (Å²) < 4.78 is 30.6. The Labute approximate surface area is 107 Å². The number of nitrogens with one attached hydrogen (secondary N) is 1. The van der Waals surface area contributed by atoms with Gasteiger partial charge in [0, 0.05) is 11.8 Å². The van der Waals surface area contributed by atoms with Crippen molar-refractivity contribution in [2.75, 3.05) is 12.4 Å². The molecule has 0 spiro atoms. The number of ether oxygens (including phenoxy) is 1. The van der Waals surface area contributed by atoms with Crippen LogP contribution in [0.25, 0.3) is 0 Å². The summed E-state index contributed by atoms with van der Waals surface area (Å²) in [5.41, 5.74) is 10.2. The molecule has 1 rings (SSSR count). The van der Waals surface area contributed by atoms with Crippen molar-refractivity contribution in [2.45, 2.75) is 0 Å². The third kappa shape index (κ3) is 5.00. The van der Waals surface area contributed by atoms with E-state index in [2.05, 4.69) is 4.99 Å². The summed E-state index contributed by atoms with van der Waals surface area (Å²) >= 11 is 1.07. The second-order valence-corrected chi connectivity index (χ2v) is 4.20. The largest absolute Gasteiger partial charge is 0.493 e. The van der Waals surface area contributed by atoms with Gasteiger partial charge < -0.3 is 16.2 Å². The Kier molecular flexibility index (Phi) is 5.37. The van der Waals surface area contributed by atoms with Gasteiger partial charge >= 0.3 is 0 Å². The van der Waals surface area contributed by atoms with Gasteiger partial charge in [-0.15, -0.1) is 0 Å². The standard InChI is InChI=1S/C10H12F2N4OS/c11-7-2-1-6(5-8(7)12)17-3-4-18-10(15)16-9(13)14/h1-2,5H,3-4H2,(H5,13,14,15,16). The number of rotatable bonds is 4. The van der Waals surface area contributed by atoms with E-state index in [0.717, 1.165) is 23.9 Å². The van der Waals surface area contributed by atoms with E-state index in [0.29, 0.717) is 5.75 Å². The van der Waals surface area contributed by atoms with Crippen molar-refractivity contribution in [1.29, 1.82) is 5.41 Å². The Bertz CT molecular complexity index is 463. The molecule has 1 aromatic carbocycles. The summed E-state index contributed by atoms with van der Waals surface area (Å²) in [5, 5.41) is 7.28. The van der Waals surface area contributed by atoms with E-state index >= 15 is 0 Å². The average molecular weight is 274 g/mol. The normalized spacial score (nSPS) is 9.89. The topological polar surface area (TPSA) is 97.5 Å². The molecule has 18 heavy (non-hydrogen) atoms. The molecule has 8 heteroatoms. The van der Waals surface area contributed by atoms with E-state index < -0.39 is 11.6 Å². The first-order valence-corrected chi connectivity index (χ1v) is 5.86. The Hall–Kier alpha value is -1.83. The average Bonchev–Trinajstić information content (AvgIpc) is 2.28. The monoisotopic (exact) mass is 274 g/mol. The summed E-state index contributed by atoms with van der Waals surface area (Å²) in [5.74, 6) is -1.44. The van der Waals surface area contributed by atoms with Gasteiger partial charge in [0.05, 0.1) is 6.61 Å². The van der Waals surface area contributed by atoms with Crippen molar-refractivity contribution < 1.29 is 13.5 Å². The third-order valence-electron chi connectivity index (χ3n) is 1.71. The minimum Gasteiger partial charge on any atom is -0.493 e. The first-order valence-electron chi connectivity index (χ1n) is 4.88. The highest BCUT2D eigenvalue weighted by Gasteiger charge is 2.03. The van der Waals surface area contributed by atoms with Crippen LogP contribution in [0.4, 0.5) is 8.78 Å². The van der Waals surface area contributed by atoms with Crippen molar-refractivity contribution in [3.63, 3.8) is 0 Å². The number of hydrogen-bond acceptors (Lipinski definition) is 3. The minimum atomic E-state index is -0.964. The number of aliphatic imine (C=N–C) groups is 1. The van der Waals surface area contributed by atoms with Crippen molar-refractivity contribution in [1.82, 2.24) is 0 Å². The van der Waals surface area contributed by atoms with Crippen LogP contribution in [-0.2, 0) is 0 Å². The lowest BCUT2D eigenvalue weighted by Crippen LogP contribution is -2.23. The summed E-state index contributed by atoms with van der Waals surface area (Å²) in [6, 6.07) is 3.27. The van der Waals surface area contributed by atoms with Crippen LogP contribution < -0.4 is 16.2 Å². The van der Waals surface area contributed by atoms with E-state index in [9.17, 15) is 8.78 Å². The van der Waals surface area contributed by atoms with Crippen LogP contribution in [0.3, 0.4) is 0 Å². The zero-order valence-electron chi connectivity index (χ0n) is 9.32. The number of benzene rings is 1. The number of nitrogens with zero attached hydrogens (tertiary/aromatic N) is 1. The number of thioether (sulfide) groups is 1. The third-order valence-corrected chi connectivity index (χ3v) is 2.45. The van der Waals surface area contributed by atoms with E-state index in [1.807, 2.05) is 0 Å². The molecule has 0 bridgehead atoms. The Balaban J connectivity index is 2.32. The van der Waals surface area contributed by atoms with Gasteiger partial charge in [-0.3, -0.25) is 5.41 Å². The van der Waals surface area contributed by atoms with Crippen LogP contribution in [0, 0.1) is 17.0 Å². The maximum atomic E-state index is 12.8. The van der Waals surface area contributed by atoms with Crippen LogP contribution in [0.2, 0.25) is 0 Å². The molecule has 0 saturated carbocycles. The maximum Gasteiger partial charge on any atom is 0.193 e. The van der Waals surface area contributed by atoms with Crippen LogP contribution >= 0.6 is 11.8 Å². The van der Waals surface area contributed by atoms with E-state index in [1.165, 1.54) is 6.07 Å². The predicted molar refractivity (Wildman–Crippen MR) is 67.8 cm³/mol. The number of halogens is 2. The first kappa shape index (κ1) is 14.2. The molecule has 0 radical (unpaired) electrons. The molecule has 98 valence electrons. The molecule has 1 aromatic rings. The van der Waals surface area contributed by atoms with E-state index in [1.54, 1.807) is 0 Å². The van der Waals surface area contributed by atoms with Gasteiger partial charge in [0.15, 0.2) is 22.8 Å². The Morgan fingerprint density at radius 1 is 1.33 bits per heavy atom. The Morgan fingerprint density at radius 2 is 2.06 bits per heavy atom. The molecule has 0 unspecified atom stereocenters. The minimum absolute atomic E-state index is 0.0381. The highest BCUT2D eigenvalue weighted by atomic mass is 32.2. The maximum absolute atomic E-state index is 12.8. The molecule has 0 aliphatic heterocycles. The highest BCUT2D eigenvalue weighted by Crippen LogP contribution is 2.15. The van der Waals surface area contributed by atoms with Crippen molar-refractivity contribution >= 4 is 22.9 Å². The first-order chi connectivity index (χ1) is 8.49.